The molecule has 0 radical (unpaired) electrons. The minimum atomic E-state index is 0.0632. The average Bonchev–Trinajstić information content (AvgIpc) is 2.34. The van der Waals surface area contributed by atoms with Gasteiger partial charge in [-0.25, -0.2) is 9.97 Å². The number of nitriles is 1. The molecule has 1 aromatic heterocycles. The van der Waals surface area contributed by atoms with Gasteiger partial charge in [-0.15, -0.1) is 0 Å². The van der Waals surface area contributed by atoms with Crippen molar-refractivity contribution in [2.45, 2.75) is 6.92 Å². The van der Waals surface area contributed by atoms with Crippen LogP contribution in [-0.2, 0) is 0 Å². The van der Waals surface area contributed by atoms with Crippen LogP contribution in [-0.4, -0.2) is 9.97 Å². The Bertz CT molecular complexity index is 662. The van der Waals surface area contributed by atoms with Gasteiger partial charge in [0.2, 0.25) is 0 Å². The van der Waals surface area contributed by atoms with E-state index in [1.807, 2.05) is 6.07 Å². The summed E-state index contributed by atoms with van der Waals surface area (Å²) in [6.07, 6.45) is 0. The maximum absolute atomic E-state index is 8.91. The van der Waals surface area contributed by atoms with Gasteiger partial charge in [0.1, 0.15) is 6.07 Å². The molecule has 90 valence electrons. The average molecular weight is 299 g/mol. The molecule has 0 aliphatic heterocycles. The largest absolute Gasteiger partial charge is 0.236 e. The van der Waals surface area contributed by atoms with E-state index in [1.54, 1.807) is 25.1 Å². The standard InChI is InChI=1S/C12H6Cl3N3/c1-6-11(18-9(5-16)12(15)17-6)7-3-2-4-8(13)10(7)14/h2-4H,1H3. The summed E-state index contributed by atoms with van der Waals surface area (Å²) >= 11 is 17.9. The van der Waals surface area contributed by atoms with Crippen LogP contribution in [0, 0.1) is 18.3 Å². The predicted octanol–water partition coefficient (Wildman–Crippen LogP) is 4.28. The number of rotatable bonds is 1. The minimum Gasteiger partial charge on any atom is -0.236 e. The van der Waals surface area contributed by atoms with E-state index in [9.17, 15) is 0 Å². The quantitative estimate of drug-likeness (QED) is 0.789. The summed E-state index contributed by atoms with van der Waals surface area (Å²) in [6, 6.07) is 7.08. The molecule has 2 rings (SSSR count). The molecule has 0 saturated carbocycles. The van der Waals surface area contributed by atoms with Crippen LogP contribution in [0.5, 0.6) is 0 Å². The van der Waals surface area contributed by atoms with Crippen LogP contribution in [0.3, 0.4) is 0 Å². The molecule has 1 aromatic carbocycles. The first kappa shape index (κ1) is 13.1. The van der Waals surface area contributed by atoms with Crippen molar-refractivity contribution in [1.82, 2.24) is 9.97 Å². The lowest BCUT2D eigenvalue weighted by Crippen LogP contribution is -1.98. The second-order valence-corrected chi connectivity index (χ2v) is 4.65. The second-order valence-electron chi connectivity index (χ2n) is 3.51. The monoisotopic (exact) mass is 297 g/mol. The van der Waals surface area contributed by atoms with Crippen molar-refractivity contribution in [3.63, 3.8) is 0 Å². The summed E-state index contributed by atoms with van der Waals surface area (Å²) in [6.45, 7) is 1.74. The van der Waals surface area contributed by atoms with E-state index >= 15 is 0 Å². The van der Waals surface area contributed by atoms with Gasteiger partial charge in [-0.3, -0.25) is 0 Å². The first-order chi connectivity index (χ1) is 8.54. The summed E-state index contributed by atoms with van der Waals surface area (Å²) in [5, 5.41) is 9.79. The first-order valence-corrected chi connectivity index (χ1v) is 6.06. The number of nitrogens with zero attached hydrogens (tertiary/aromatic N) is 3. The summed E-state index contributed by atoms with van der Waals surface area (Å²) in [5.74, 6) is 0. The highest BCUT2D eigenvalue weighted by Crippen LogP contribution is 2.34. The molecule has 1 heterocycles. The van der Waals surface area contributed by atoms with Crippen LogP contribution in [0.15, 0.2) is 18.2 Å². The Morgan fingerprint density at radius 3 is 2.56 bits per heavy atom. The Morgan fingerprint density at radius 1 is 1.17 bits per heavy atom. The van der Waals surface area contributed by atoms with E-state index in [2.05, 4.69) is 9.97 Å². The Hall–Kier alpha value is -1.34. The molecule has 6 heteroatoms. The lowest BCUT2D eigenvalue weighted by molar-refractivity contribution is 1.10. The number of aryl methyl sites for hydroxylation is 1. The zero-order valence-electron chi connectivity index (χ0n) is 9.21. The number of benzene rings is 1. The third-order valence-electron chi connectivity index (χ3n) is 2.34. The zero-order valence-corrected chi connectivity index (χ0v) is 11.5. The van der Waals surface area contributed by atoms with Gasteiger partial charge in [0, 0.05) is 5.56 Å². The number of hydrogen-bond donors (Lipinski definition) is 0. The van der Waals surface area contributed by atoms with Crippen LogP contribution in [0.2, 0.25) is 15.2 Å². The van der Waals surface area contributed by atoms with Gasteiger partial charge < -0.3 is 0 Å². The highest BCUT2D eigenvalue weighted by molar-refractivity contribution is 6.43. The summed E-state index contributed by atoms with van der Waals surface area (Å²) in [4.78, 5) is 8.23. The Balaban J connectivity index is 2.72. The number of hydrogen-bond acceptors (Lipinski definition) is 3. The van der Waals surface area contributed by atoms with Crippen molar-refractivity contribution in [2.75, 3.05) is 0 Å². The molecule has 3 nitrogen and oxygen atoms in total. The van der Waals surface area contributed by atoms with E-state index in [1.165, 1.54) is 0 Å². The molecule has 0 spiro atoms. The molecule has 0 unspecified atom stereocenters. The van der Waals surface area contributed by atoms with Gasteiger partial charge in [0.05, 0.1) is 21.4 Å². The molecule has 0 bridgehead atoms. The molecule has 0 aliphatic rings. The maximum Gasteiger partial charge on any atom is 0.178 e. The fourth-order valence-electron chi connectivity index (χ4n) is 1.50. The van der Waals surface area contributed by atoms with Crippen molar-refractivity contribution in [3.05, 3.63) is 44.8 Å². The van der Waals surface area contributed by atoms with Crippen LogP contribution in [0.25, 0.3) is 11.3 Å². The molecule has 0 atom stereocenters. The molecule has 0 saturated heterocycles. The van der Waals surface area contributed by atoms with Gasteiger partial charge in [0.15, 0.2) is 10.8 Å². The molecule has 0 fully saturated rings. The van der Waals surface area contributed by atoms with Crippen molar-refractivity contribution in [2.24, 2.45) is 0 Å². The van der Waals surface area contributed by atoms with E-state index in [4.69, 9.17) is 40.1 Å². The number of aromatic nitrogens is 2. The third kappa shape index (κ3) is 2.28. The highest BCUT2D eigenvalue weighted by atomic mass is 35.5. The fraction of sp³-hybridized carbons (Fsp3) is 0.0833. The SMILES string of the molecule is Cc1nc(Cl)c(C#N)nc1-c1cccc(Cl)c1Cl. The molecule has 0 aliphatic carbocycles. The summed E-state index contributed by atoms with van der Waals surface area (Å²) in [5.41, 5.74) is 1.78. The number of halogens is 3. The summed E-state index contributed by atoms with van der Waals surface area (Å²) < 4.78 is 0. The van der Waals surface area contributed by atoms with E-state index in [0.29, 0.717) is 27.0 Å². The highest BCUT2D eigenvalue weighted by Gasteiger charge is 2.14. The summed E-state index contributed by atoms with van der Waals surface area (Å²) in [7, 11) is 0. The topological polar surface area (TPSA) is 49.6 Å². The van der Waals surface area contributed by atoms with Crippen LogP contribution in [0.1, 0.15) is 11.4 Å². The Morgan fingerprint density at radius 2 is 1.89 bits per heavy atom. The Labute approximate surface area is 119 Å². The van der Waals surface area contributed by atoms with Gasteiger partial charge >= 0.3 is 0 Å². The van der Waals surface area contributed by atoms with Crippen LogP contribution in [0.4, 0.5) is 0 Å². The molecular weight excluding hydrogens is 293 g/mol. The van der Waals surface area contributed by atoms with Crippen molar-refractivity contribution in [1.29, 1.82) is 5.26 Å². The minimum absolute atomic E-state index is 0.0632. The normalized spacial score (nSPS) is 10.2. The van der Waals surface area contributed by atoms with Gasteiger partial charge in [-0.2, -0.15) is 5.26 Å². The molecular formula is C12H6Cl3N3. The fourth-order valence-corrected chi connectivity index (χ4v) is 2.11. The lowest BCUT2D eigenvalue weighted by atomic mass is 10.1. The Kier molecular flexibility index (Phi) is 3.72. The van der Waals surface area contributed by atoms with E-state index < -0.39 is 0 Å². The molecule has 0 N–H and O–H groups in total. The van der Waals surface area contributed by atoms with Gasteiger partial charge in [0.25, 0.3) is 0 Å². The van der Waals surface area contributed by atoms with Gasteiger partial charge in [-0.05, 0) is 13.0 Å². The second kappa shape index (κ2) is 5.11. The van der Waals surface area contributed by atoms with Gasteiger partial charge in [-0.1, -0.05) is 46.9 Å². The van der Waals surface area contributed by atoms with Crippen molar-refractivity contribution >= 4 is 34.8 Å². The zero-order chi connectivity index (χ0) is 13.3. The van der Waals surface area contributed by atoms with Crippen molar-refractivity contribution in [3.8, 4) is 17.3 Å². The predicted molar refractivity (Wildman–Crippen MR) is 72.0 cm³/mol. The van der Waals surface area contributed by atoms with Crippen LogP contribution < -0.4 is 0 Å². The smallest absolute Gasteiger partial charge is 0.178 e. The molecule has 18 heavy (non-hydrogen) atoms. The van der Waals surface area contributed by atoms with E-state index in [-0.39, 0.29) is 10.8 Å². The molecule has 2 aromatic rings. The van der Waals surface area contributed by atoms with Crippen molar-refractivity contribution < 1.29 is 0 Å². The third-order valence-corrected chi connectivity index (χ3v) is 3.42. The lowest BCUT2D eigenvalue weighted by Gasteiger charge is -2.08. The molecule has 0 amide bonds. The maximum atomic E-state index is 8.91. The van der Waals surface area contributed by atoms with Crippen LogP contribution >= 0.6 is 34.8 Å². The van der Waals surface area contributed by atoms with E-state index in [0.717, 1.165) is 0 Å². The first-order valence-electron chi connectivity index (χ1n) is 4.93.